The van der Waals surface area contributed by atoms with Gasteiger partial charge in [-0.25, -0.2) is 0 Å². The Bertz CT molecular complexity index is 717. The molecule has 0 aromatic heterocycles. The van der Waals surface area contributed by atoms with Crippen LogP contribution < -0.4 is 0 Å². The minimum absolute atomic E-state index is 0.159. The molecule has 26 heavy (non-hydrogen) atoms. The summed E-state index contributed by atoms with van der Waals surface area (Å²) in [6.45, 7) is 4.03. The van der Waals surface area contributed by atoms with E-state index >= 15 is 0 Å². The van der Waals surface area contributed by atoms with Crippen LogP contribution in [0, 0.1) is 5.92 Å². The molecule has 0 aliphatic carbocycles. The topological polar surface area (TPSA) is 77.8 Å². The summed E-state index contributed by atoms with van der Waals surface area (Å²) in [4.78, 5) is 2.50. The van der Waals surface area contributed by atoms with Crippen molar-refractivity contribution in [3.05, 3.63) is 71.8 Å². The number of hydrogen-bond acceptors (Lipinski definition) is 4. The molecule has 142 valence electrons. The first-order chi connectivity index (χ1) is 12.3. The van der Waals surface area contributed by atoms with Crippen LogP contribution in [0.25, 0.3) is 0 Å². The van der Waals surface area contributed by atoms with Crippen molar-refractivity contribution in [2.75, 3.05) is 19.3 Å². The molecule has 0 spiro atoms. The molecule has 2 N–H and O–H groups in total. The van der Waals surface area contributed by atoms with Crippen LogP contribution in [-0.2, 0) is 10.1 Å². The van der Waals surface area contributed by atoms with Crippen LogP contribution in [0.2, 0.25) is 0 Å². The molecule has 1 aliphatic rings. The number of aliphatic hydroxyl groups excluding tert-OH is 1. The second-order valence-electron chi connectivity index (χ2n) is 6.79. The fraction of sp³-hybridized carbons (Fsp3) is 0.400. The van der Waals surface area contributed by atoms with Gasteiger partial charge in [0.25, 0.3) is 10.1 Å². The van der Waals surface area contributed by atoms with Crippen LogP contribution in [0.4, 0.5) is 0 Å². The maximum atomic E-state index is 9.99. The number of benzene rings is 2. The lowest BCUT2D eigenvalue weighted by Crippen LogP contribution is -2.44. The van der Waals surface area contributed by atoms with Gasteiger partial charge in [-0.15, -0.1) is 0 Å². The van der Waals surface area contributed by atoms with Gasteiger partial charge >= 0.3 is 0 Å². The predicted octanol–water partition coefficient (Wildman–Crippen LogP) is 2.98. The van der Waals surface area contributed by atoms with Gasteiger partial charge in [0.05, 0.1) is 18.4 Å². The molecule has 6 heteroatoms. The van der Waals surface area contributed by atoms with E-state index in [-0.39, 0.29) is 12.1 Å². The summed E-state index contributed by atoms with van der Waals surface area (Å²) in [5.41, 5.74) is 2.65. The molecule has 2 unspecified atom stereocenters. The highest BCUT2D eigenvalue weighted by Gasteiger charge is 2.30. The summed E-state index contributed by atoms with van der Waals surface area (Å²) in [6.07, 6.45) is 1.41. The van der Waals surface area contributed by atoms with Gasteiger partial charge in [-0.3, -0.25) is 9.45 Å². The molecule has 0 amide bonds. The van der Waals surface area contributed by atoms with E-state index in [0.29, 0.717) is 12.2 Å². The molecule has 1 saturated heterocycles. The summed E-state index contributed by atoms with van der Waals surface area (Å²) in [6, 6.07) is 21.6. The summed E-state index contributed by atoms with van der Waals surface area (Å²) in [5.74, 6) is 0.327. The van der Waals surface area contributed by atoms with Gasteiger partial charge < -0.3 is 5.11 Å². The minimum atomic E-state index is -3.67. The Morgan fingerprint density at radius 2 is 1.42 bits per heavy atom. The van der Waals surface area contributed by atoms with E-state index in [9.17, 15) is 13.5 Å². The van der Waals surface area contributed by atoms with E-state index in [2.05, 4.69) is 72.5 Å². The van der Waals surface area contributed by atoms with Crippen LogP contribution in [0.3, 0.4) is 0 Å². The van der Waals surface area contributed by atoms with Gasteiger partial charge in [0.2, 0.25) is 0 Å². The summed E-state index contributed by atoms with van der Waals surface area (Å²) < 4.78 is 25.9. The van der Waals surface area contributed by atoms with Gasteiger partial charge in [-0.2, -0.15) is 8.42 Å². The Morgan fingerprint density at radius 3 is 1.81 bits per heavy atom. The number of rotatable bonds is 3. The third-order valence-corrected chi connectivity index (χ3v) is 4.49. The van der Waals surface area contributed by atoms with Crippen molar-refractivity contribution >= 4 is 10.1 Å². The monoisotopic (exact) mass is 377 g/mol. The lowest BCUT2D eigenvalue weighted by molar-refractivity contribution is 0.0234. The van der Waals surface area contributed by atoms with Gasteiger partial charge in [0.15, 0.2) is 0 Å². The van der Waals surface area contributed by atoms with E-state index in [1.807, 2.05) is 0 Å². The fourth-order valence-electron chi connectivity index (χ4n) is 3.28. The van der Waals surface area contributed by atoms with Gasteiger partial charge in [0.1, 0.15) is 0 Å². The summed E-state index contributed by atoms with van der Waals surface area (Å²) in [7, 11) is -3.67. The Labute approximate surface area is 156 Å². The van der Waals surface area contributed by atoms with Crippen molar-refractivity contribution in [2.45, 2.75) is 25.5 Å². The Kier molecular flexibility index (Phi) is 7.34. The maximum Gasteiger partial charge on any atom is 0.261 e. The Morgan fingerprint density at radius 1 is 1.00 bits per heavy atom. The Hall–Kier alpha value is -1.73. The second kappa shape index (κ2) is 9.28. The third-order valence-electron chi connectivity index (χ3n) is 4.49. The number of piperidine rings is 1. The first-order valence-corrected chi connectivity index (χ1v) is 10.5. The van der Waals surface area contributed by atoms with E-state index in [4.69, 9.17) is 4.55 Å². The zero-order valence-electron chi connectivity index (χ0n) is 15.2. The van der Waals surface area contributed by atoms with Gasteiger partial charge in [-0.05, 0) is 23.5 Å². The number of nitrogens with zero attached hydrogens (tertiary/aromatic N) is 1. The standard InChI is InChI=1S/C19H23NO.CH4O3S/c1-15-14-20(13-12-18(15)21)19(16-8-4-2-5-9-16)17-10-6-3-7-11-17;1-5(2,3)4/h2-11,15,18-19,21H,12-14H2,1H3;1H3,(H,2,3,4). The van der Waals surface area contributed by atoms with Crippen LogP contribution in [0.1, 0.15) is 30.5 Å². The molecular weight excluding hydrogens is 350 g/mol. The van der Waals surface area contributed by atoms with Crippen LogP contribution in [0.15, 0.2) is 60.7 Å². The quantitative estimate of drug-likeness (QED) is 0.804. The van der Waals surface area contributed by atoms with Crippen LogP contribution in [0.5, 0.6) is 0 Å². The smallest absolute Gasteiger partial charge is 0.261 e. The molecule has 1 heterocycles. The van der Waals surface area contributed by atoms with Crippen molar-refractivity contribution in [3.8, 4) is 0 Å². The van der Waals surface area contributed by atoms with Crippen molar-refractivity contribution in [1.29, 1.82) is 0 Å². The molecule has 0 radical (unpaired) electrons. The maximum absolute atomic E-state index is 9.99. The average molecular weight is 378 g/mol. The van der Waals surface area contributed by atoms with E-state index in [1.54, 1.807) is 0 Å². The van der Waals surface area contributed by atoms with Crippen molar-refractivity contribution in [1.82, 2.24) is 4.90 Å². The molecule has 1 aliphatic heterocycles. The van der Waals surface area contributed by atoms with Crippen molar-refractivity contribution in [3.63, 3.8) is 0 Å². The minimum Gasteiger partial charge on any atom is -0.393 e. The van der Waals surface area contributed by atoms with Gasteiger partial charge in [0, 0.05) is 13.1 Å². The van der Waals surface area contributed by atoms with Crippen LogP contribution >= 0.6 is 0 Å². The number of hydrogen-bond donors (Lipinski definition) is 2. The fourth-order valence-corrected chi connectivity index (χ4v) is 3.28. The van der Waals surface area contributed by atoms with E-state index < -0.39 is 10.1 Å². The zero-order valence-corrected chi connectivity index (χ0v) is 16.0. The highest BCUT2D eigenvalue weighted by atomic mass is 32.2. The van der Waals surface area contributed by atoms with E-state index in [0.717, 1.165) is 19.5 Å². The van der Waals surface area contributed by atoms with Gasteiger partial charge in [-0.1, -0.05) is 67.6 Å². The first kappa shape index (κ1) is 20.6. The van der Waals surface area contributed by atoms with Crippen molar-refractivity contribution < 1.29 is 18.1 Å². The summed E-state index contributed by atoms with van der Waals surface area (Å²) in [5, 5.41) is 9.99. The molecule has 0 saturated carbocycles. The third kappa shape index (κ3) is 6.53. The van der Waals surface area contributed by atoms with E-state index in [1.165, 1.54) is 11.1 Å². The average Bonchev–Trinajstić information content (AvgIpc) is 2.59. The predicted molar refractivity (Wildman–Crippen MR) is 104 cm³/mol. The number of likely N-dealkylation sites (tertiary alicyclic amines) is 1. The lowest BCUT2D eigenvalue weighted by Gasteiger charge is -2.40. The molecule has 2 aromatic carbocycles. The SMILES string of the molecule is CC1CN(C(c2ccccc2)c2ccccc2)CCC1O.CS(=O)(=O)O. The summed E-state index contributed by atoms with van der Waals surface area (Å²) >= 11 is 0. The molecule has 0 bridgehead atoms. The van der Waals surface area contributed by atoms with Crippen LogP contribution in [-0.4, -0.2) is 48.4 Å². The second-order valence-corrected chi connectivity index (χ2v) is 8.25. The molecule has 1 fully saturated rings. The normalized spacial score (nSPS) is 21.1. The molecule has 5 nitrogen and oxygen atoms in total. The molecule has 2 atom stereocenters. The highest BCUT2D eigenvalue weighted by molar-refractivity contribution is 7.85. The molecule has 2 aromatic rings. The molecular formula is C20H27NO4S. The Balaban J connectivity index is 0.000000431. The zero-order chi connectivity index (χ0) is 19.2. The largest absolute Gasteiger partial charge is 0.393 e. The first-order valence-electron chi connectivity index (χ1n) is 8.70. The van der Waals surface area contributed by atoms with Crippen molar-refractivity contribution in [2.24, 2.45) is 5.92 Å². The highest BCUT2D eigenvalue weighted by Crippen LogP contribution is 2.32. The lowest BCUT2D eigenvalue weighted by atomic mass is 9.91. The molecule has 3 rings (SSSR count). The number of aliphatic hydroxyl groups is 1.